The number of hydrogen-bond acceptors (Lipinski definition) is 2. The summed E-state index contributed by atoms with van der Waals surface area (Å²) in [5, 5.41) is 3.41. The first-order chi connectivity index (χ1) is 8.56. The quantitative estimate of drug-likeness (QED) is 0.834. The predicted octanol–water partition coefficient (Wildman–Crippen LogP) is 4.20. The van der Waals surface area contributed by atoms with E-state index in [1.54, 1.807) is 0 Å². The first kappa shape index (κ1) is 13.4. The number of benzene rings is 1. The molecular weight excluding hydrogens is 337 g/mol. The van der Waals surface area contributed by atoms with Crippen LogP contribution in [0.2, 0.25) is 0 Å². The highest BCUT2D eigenvalue weighted by Gasteiger charge is 2.08. The summed E-state index contributed by atoms with van der Waals surface area (Å²) < 4.78 is 3.38. The zero-order chi connectivity index (χ0) is 13.1. The van der Waals surface area contributed by atoms with Gasteiger partial charge in [0.2, 0.25) is 5.95 Å². The van der Waals surface area contributed by atoms with Gasteiger partial charge in [-0.05, 0) is 47.6 Å². The van der Waals surface area contributed by atoms with E-state index in [-0.39, 0.29) is 0 Å². The van der Waals surface area contributed by atoms with Crippen LogP contribution in [-0.2, 0) is 6.54 Å². The molecule has 0 bridgehead atoms. The first-order valence-corrected chi connectivity index (χ1v) is 7.19. The Kier molecular flexibility index (Phi) is 4.27. The van der Waals surface area contributed by atoms with E-state index in [0.29, 0.717) is 5.92 Å². The molecule has 0 amide bonds. The molecule has 0 aliphatic carbocycles. The smallest absolute Gasteiger partial charge is 0.207 e. The summed E-state index contributed by atoms with van der Waals surface area (Å²) in [4.78, 5) is 4.55. The molecule has 3 nitrogen and oxygen atoms in total. The molecule has 18 heavy (non-hydrogen) atoms. The first-order valence-electron chi connectivity index (χ1n) is 6.11. The molecule has 0 aliphatic rings. The molecule has 2 aromatic rings. The maximum atomic E-state index is 4.55. The number of aromatic nitrogens is 2. The number of aryl methyl sites for hydroxylation is 1. The fraction of sp³-hybridized carbons (Fsp3) is 0.357. The summed E-state index contributed by atoms with van der Waals surface area (Å²) in [5.74, 6) is 1.53. The zero-order valence-electron chi connectivity index (χ0n) is 10.9. The van der Waals surface area contributed by atoms with E-state index < -0.39 is 0 Å². The van der Waals surface area contributed by atoms with Gasteiger partial charge in [-0.2, -0.15) is 0 Å². The van der Waals surface area contributed by atoms with Gasteiger partial charge in [-0.15, -0.1) is 0 Å². The van der Waals surface area contributed by atoms with Crippen molar-refractivity contribution in [3.63, 3.8) is 0 Å². The molecule has 0 atom stereocenters. The van der Waals surface area contributed by atoms with Crippen LogP contribution in [0.25, 0.3) is 0 Å². The Morgan fingerprint density at radius 1 is 1.33 bits per heavy atom. The number of imidazole rings is 1. The minimum absolute atomic E-state index is 0.606. The van der Waals surface area contributed by atoms with Crippen LogP contribution in [-0.4, -0.2) is 9.55 Å². The van der Waals surface area contributed by atoms with Crippen LogP contribution < -0.4 is 5.32 Å². The van der Waals surface area contributed by atoms with Gasteiger partial charge >= 0.3 is 0 Å². The number of para-hydroxylation sites is 1. The Labute approximate surface area is 122 Å². The third kappa shape index (κ3) is 3.25. The van der Waals surface area contributed by atoms with Gasteiger partial charge in [-0.3, -0.25) is 0 Å². The van der Waals surface area contributed by atoms with Crippen molar-refractivity contribution in [1.82, 2.24) is 9.55 Å². The summed E-state index contributed by atoms with van der Waals surface area (Å²) in [5.41, 5.74) is 2.15. The summed E-state index contributed by atoms with van der Waals surface area (Å²) in [6.45, 7) is 7.43. The predicted molar refractivity (Wildman–Crippen MR) is 84.2 cm³/mol. The van der Waals surface area contributed by atoms with Crippen molar-refractivity contribution in [2.45, 2.75) is 27.3 Å². The number of rotatable bonds is 4. The van der Waals surface area contributed by atoms with Crippen molar-refractivity contribution in [2.75, 3.05) is 5.32 Å². The highest BCUT2D eigenvalue weighted by atomic mass is 127. The molecule has 4 heteroatoms. The van der Waals surface area contributed by atoms with E-state index in [9.17, 15) is 0 Å². The van der Waals surface area contributed by atoms with Crippen LogP contribution in [0.1, 0.15) is 19.5 Å². The van der Waals surface area contributed by atoms with E-state index >= 15 is 0 Å². The number of halogens is 1. The second-order valence-electron chi connectivity index (χ2n) is 4.86. The fourth-order valence-corrected chi connectivity index (χ4v) is 2.38. The van der Waals surface area contributed by atoms with Gasteiger partial charge in [0.05, 0.1) is 11.4 Å². The van der Waals surface area contributed by atoms with Crippen molar-refractivity contribution in [3.8, 4) is 0 Å². The molecule has 1 N–H and O–H groups in total. The molecule has 0 radical (unpaired) electrons. The molecule has 1 heterocycles. The fourth-order valence-electron chi connectivity index (χ4n) is 1.86. The summed E-state index contributed by atoms with van der Waals surface area (Å²) in [7, 11) is 0. The zero-order valence-corrected chi connectivity index (χ0v) is 13.1. The third-order valence-corrected chi connectivity index (χ3v) is 3.52. The largest absolute Gasteiger partial charge is 0.325 e. The molecular formula is C14H18IN3. The van der Waals surface area contributed by atoms with E-state index in [0.717, 1.165) is 23.9 Å². The molecule has 96 valence electrons. The van der Waals surface area contributed by atoms with Gasteiger partial charge in [0.1, 0.15) is 0 Å². The molecule has 0 fully saturated rings. The van der Waals surface area contributed by atoms with Crippen molar-refractivity contribution >= 4 is 34.2 Å². The highest BCUT2D eigenvalue weighted by molar-refractivity contribution is 14.1. The Morgan fingerprint density at radius 2 is 2.06 bits per heavy atom. The molecule has 0 saturated carbocycles. The lowest BCUT2D eigenvalue weighted by Gasteiger charge is -2.12. The lowest BCUT2D eigenvalue weighted by atomic mass is 10.2. The average Bonchev–Trinajstić information content (AvgIpc) is 2.61. The maximum absolute atomic E-state index is 4.55. The average molecular weight is 355 g/mol. The SMILES string of the molecule is Cc1cn(CC(C)C)c(Nc2ccccc2I)n1. The van der Waals surface area contributed by atoms with Gasteiger partial charge < -0.3 is 9.88 Å². The van der Waals surface area contributed by atoms with Gasteiger partial charge in [0.25, 0.3) is 0 Å². The normalized spacial score (nSPS) is 10.9. The van der Waals surface area contributed by atoms with Gasteiger partial charge in [-0.1, -0.05) is 26.0 Å². The van der Waals surface area contributed by atoms with Crippen LogP contribution in [0, 0.1) is 16.4 Å². The van der Waals surface area contributed by atoms with E-state index in [4.69, 9.17) is 0 Å². The third-order valence-electron chi connectivity index (χ3n) is 2.58. The standard InChI is InChI=1S/C14H18IN3/c1-10(2)8-18-9-11(3)16-14(18)17-13-7-5-4-6-12(13)15/h4-7,9-10H,8H2,1-3H3,(H,16,17). The highest BCUT2D eigenvalue weighted by Crippen LogP contribution is 2.22. The summed E-state index contributed by atoms with van der Waals surface area (Å²) in [6.07, 6.45) is 2.10. The minimum atomic E-state index is 0.606. The van der Waals surface area contributed by atoms with Crippen LogP contribution in [0.4, 0.5) is 11.6 Å². The van der Waals surface area contributed by atoms with Crippen molar-refractivity contribution < 1.29 is 0 Å². The Balaban J connectivity index is 2.26. The van der Waals surface area contributed by atoms with Gasteiger partial charge in [-0.25, -0.2) is 4.98 Å². The monoisotopic (exact) mass is 355 g/mol. The molecule has 0 unspecified atom stereocenters. The lowest BCUT2D eigenvalue weighted by Crippen LogP contribution is -2.07. The van der Waals surface area contributed by atoms with Gasteiger partial charge in [0.15, 0.2) is 0 Å². The van der Waals surface area contributed by atoms with E-state index in [1.165, 1.54) is 3.57 Å². The Hall–Kier alpha value is -1.04. The maximum Gasteiger partial charge on any atom is 0.207 e. The molecule has 1 aromatic carbocycles. The molecule has 1 aromatic heterocycles. The second kappa shape index (κ2) is 5.73. The van der Waals surface area contributed by atoms with Gasteiger partial charge in [0, 0.05) is 16.3 Å². The molecule has 0 aliphatic heterocycles. The second-order valence-corrected chi connectivity index (χ2v) is 6.02. The van der Waals surface area contributed by atoms with E-state index in [2.05, 4.69) is 69.6 Å². The minimum Gasteiger partial charge on any atom is -0.325 e. The van der Waals surface area contributed by atoms with Crippen molar-refractivity contribution in [1.29, 1.82) is 0 Å². The summed E-state index contributed by atoms with van der Waals surface area (Å²) in [6, 6.07) is 8.24. The molecule has 0 saturated heterocycles. The number of anilines is 2. The Bertz CT molecular complexity index is 532. The van der Waals surface area contributed by atoms with Crippen LogP contribution in [0.5, 0.6) is 0 Å². The summed E-state index contributed by atoms with van der Waals surface area (Å²) >= 11 is 2.33. The molecule has 2 rings (SSSR count). The number of nitrogens with one attached hydrogen (secondary N) is 1. The van der Waals surface area contributed by atoms with Crippen LogP contribution in [0.15, 0.2) is 30.5 Å². The van der Waals surface area contributed by atoms with Crippen LogP contribution >= 0.6 is 22.6 Å². The van der Waals surface area contributed by atoms with E-state index in [1.807, 2.05) is 19.1 Å². The van der Waals surface area contributed by atoms with Crippen LogP contribution in [0.3, 0.4) is 0 Å². The number of hydrogen-bond donors (Lipinski definition) is 1. The van der Waals surface area contributed by atoms with Crippen molar-refractivity contribution in [2.24, 2.45) is 5.92 Å². The Morgan fingerprint density at radius 3 is 2.72 bits per heavy atom. The lowest BCUT2D eigenvalue weighted by molar-refractivity contribution is 0.527. The molecule has 0 spiro atoms. The number of nitrogens with zero attached hydrogens (tertiary/aromatic N) is 2. The topological polar surface area (TPSA) is 29.9 Å². The van der Waals surface area contributed by atoms with Crippen molar-refractivity contribution in [3.05, 3.63) is 39.7 Å².